The van der Waals surface area contributed by atoms with Crippen LogP contribution in [0, 0.1) is 0 Å². The second kappa shape index (κ2) is 6.96. The number of aliphatic hydroxyl groups is 3. The summed E-state index contributed by atoms with van der Waals surface area (Å²) in [6.45, 7) is -11.3. The molecule has 0 spiro atoms. The van der Waals surface area contributed by atoms with Crippen molar-refractivity contribution in [2.24, 2.45) is 0 Å². The minimum absolute atomic E-state index is 0.140. The number of benzene rings is 1. The van der Waals surface area contributed by atoms with Gasteiger partial charge in [0.2, 0.25) is 0 Å². The Morgan fingerprint density at radius 1 is 1.32 bits per heavy atom. The Labute approximate surface area is 144 Å². The van der Waals surface area contributed by atoms with Gasteiger partial charge >= 0.3 is 0 Å². The van der Waals surface area contributed by atoms with Crippen LogP contribution in [-0.4, -0.2) is 52.3 Å². The van der Waals surface area contributed by atoms with Crippen LogP contribution in [0.1, 0.15) is 44.0 Å². The average Bonchev–Trinajstić information content (AvgIpc) is 2.57. The number of hydrogen-bond acceptors (Lipinski definition) is 5. The summed E-state index contributed by atoms with van der Waals surface area (Å²) in [5.74, 6) is 0.344. The van der Waals surface area contributed by atoms with Gasteiger partial charge in [-0.2, -0.15) is 0 Å². The molecule has 1 aromatic carbocycles. The van der Waals surface area contributed by atoms with Crippen LogP contribution in [0.15, 0.2) is 18.2 Å². The van der Waals surface area contributed by atoms with Gasteiger partial charge in [-0.1, -0.05) is 12.1 Å². The maximum absolute atomic E-state index is 10.2. The highest BCUT2D eigenvalue weighted by Crippen LogP contribution is 2.30. The van der Waals surface area contributed by atoms with E-state index in [1.165, 1.54) is 0 Å². The third-order valence-electron chi connectivity index (χ3n) is 3.55. The summed E-state index contributed by atoms with van der Waals surface area (Å²) in [5, 5.41) is 32.0. The number of β-amino-alcohol motifs (C(OH)–C–C–N with tert-alkyl or cyclic N) is 1. The summed E-state index contributed by atoms with van der Waals surface area (Å²) in [5.41, 5.74) is -1.81. The Morgan fingerprint density at radius 3 is 2.77 bits per heavy atom. The number of nitrogens with one attached hydrogen (secondary N) is 1. The highest BCUT2D eigenvalue weighted by atomic mass is 16.5. The van der Waals surface area contributed by atoms with Gasteiger partial charge in [0.05, 0.1) is 12.2 Å². The van der Waals surface area contributed by atoms with Crippen molar-refractivity contribution >= 4 is 0 Å². The Kier molecular flexibility index (Phi) is 2.73. The smallest absolute Gasteiger partial charge is 0.123 e. The van der Waals surface area contributed by atoms with Crippen molar-refractivity contribution < 1.29 is 32.4 Å². The first-order valence-electron chi connectivity index (χ1n) is 11.5. The Morgan fingerprint density at radius 2 is 2.05 bits per heavy atom. The average molecular weight is 318 g/mol. The second-order valence-corrected chi connectivity index (χ2v) is 5.53. The Bertz CT molecular complexity index is 727. The van der Waals surface area contributed by atoms with E-state index in [0.29, 0.717) is 11.3 Å². The molecule has 0 aromatic heterocycles. The monoisotopic (exact) mass is 318 g/mol. The van der Waals surface area contributed by atoms with E-state index in [2.05, 4.69) is 5.32 Å². The Hall–Kier alpha value is -1.14. The van der Waals surface area contributed by atoms with Crippen LogP contribution in [0.25, 0.3) is 0 Å². The molecule has 0 radical (unpaired) electrons. The number of hydrogen-bond donors (Lipinski definition) is 4. The van der Waals surface area contributed by atoms with Gasteiger partial charge in [-0.15, -0.1) is 0 Å². The van der Waals surface area contributed by atoms with Crippen molar-refractivity contribution in [3.8, 4) is 5.75 Å². The van der Waals surface area contributed by atoms with Gasteiger partial charge in [0, 0.05) is 42.8 Å². The number of aliphatic hydroxyl groups excluding tert-OH is 3. The van der Waals surface area contributed by atoms with Gasteiger partial charge in [-0.25, -0.2) is 0 Å². The van der Waals surface area contributed by atoms with E-state index in [1.54, 1.807) is 18.2 Å². The van der Waals surface area contributed by atoms with Gasteiger partial charge in [0.1, 0.15) is 18.5 Å². The van der Waals surface area contributed by atoms with Crippen LogP contribution in [-0.2, 0) is 12.8 Å². The highest BCUT2D eigenvalue weighted by molar-refractivity contribution is 5.43. The van der Waals surface area contributed by atoms with Crippen LogP contribution in [0.3, 0.4) is 0 Å². The maximum atomic E-state index is 10.2. The topological polar surface area (TPSA) is 82.0 Å². The zero-order valence-corrected chi connectivity index (χ0v) is 12.0. The van der Waals surface area contributed by atoms with Crippen molar-refractivity contribution in [2.75, 3.05) is 13.2 Å². The molecule has 0 fully saturated rings. The maximum Gasteiger partial charge on any atom is 0.123 e. The molecule has 0 amide bonds. The van der Waals surface area contributed by atoms with Gasteiger partial charge in [-0.05, 0) is 32.2 Å². The molecule has 4 N–H and O–H groups in total. The predicted molar refractivity (Wildman–Crippen MR) is 85.1 cm³/mol. The summed E-state index contributed by atoms with van der Waals surface area (Å²) in [6.07, 6.45) is -2.92. The van der Waals surface area contributed by atoms with Gasteiger partial charge in [-0.3, -0.25) is 0 Å². The van der Waals surface area contributed by atoms with Crippen molar-refractivity contribution in [1.29, 1.82) is 0 Å². The first-order valence-corrected chi connectivity index (χ1v) is 7.04. The molecule has 1 aliphatic carbocycles. The van der Waals surface area contributed by atoms with Crippen molar-refractivity contribution in [1.82, 2.24) is 5.32 Å². The molecule has 3 atom stereocenters. The molecule has 5 heteroatoms. The van der Waals surface area contributed by atoms with Crippen LogP contribution in [0.5, 0.6) is 5.75 Å². The van der Waals surface area contributed by atoms with Crippen LogP contribution in [0.4, 0.5) is 0 Å². The third kappa shape index (κ3) is 4.68. The SMILES string of the molecule is [2H]C([2H])([2H])C(NCC(O)COc1cccc2c1C[C@H](O)[C@H](O)C2)(C([2H])([2H])[2H])C([2H])([2H])[2H]. The first-order chi connectivity index (χ1) is 14.0. The van der Waals surface area contributed by atoms with E-state index >= 15 is 0 Å². The second-order valence-electron chi connectivity index (χ2n) is 5.53. The summed E-state index contributed by atoms with van der Waals surface area (Å²) in [6, 6.07) is 5.04. The molecule has 0 saturated carbocycles. The lowest BCUT2D eigenvalue weighted by molar-refractivity contribution is 0.0132. The van der Waals surface area contributed by atoms with E-state index in [-0.39, 0.29) is 19.4 Å². The zero-order chi connectivity index (χ0) is 23.8. The predicted octanol–water partition coefficient (Wildman–Crippen LogP) is 0.635. The van der Waals surface area contributed by atoms with Gasteiger partial charge in [0.25, 0.3) is 0 Å². The van der Waals surface area contributed by atoms with E-state index in [1.807, 2.05) is 0 Å². The third-order valence-corrected chi connectivity index (χ3v) is 3.55. The standard InChI is InChI=1S/C17H27NO4/c1-17(2,3)18-9-12(19)10-22-16-6-4-5-11-7-14(20)15(21)8-13(11)16/h4-6,12,14-15,18-21H,7-10H2,1-3H3/t12?,14-,15+/m1/s1/i1D3,2D3,3D3. The molecule has 1 unspecified atom stereocenters. The van der Waals surface area contributed by atoms with Crippen LogP contribution >= 0.6 is 0 Å². The molecule has 2 rings (SSSR count). The molecule has 0 bridgehead atoms. The number of rotatable bonds is 5. The minimum atomic E-state index is -3.42. The molecule has 0 aliphatic heterocycles. The fourth-order valence-electron chi connectivity index (χ4n) is 2.39. The molecule has 0 saturated heterocycles. The fraction of sp³-hybridized carbons (Fsp3) is 0.647. The molecule has 1 aliphatic rings. The molecule has 124 valence electrons. The molecule has 0 heterocycles. The summed E-state index contributed by atoms with van der Waals surface area (Å²) in [4.78, 5) is 0. The summed E-state index contributed by atoms with van der Waals surface area (Å²) in [7, 11) is 0. The molecule has 22 heavy (non-hydrogen) atoms. The van der Waals surface area contributed by atoms with E-state index in [4.69, 9.17) is 17.1 Å². The van der Waals surface area contributed by atoms with Crippen molar-refractivity contribution in [3.05, 3.63) is 29.3 Å². The number of ether oxygens (including phenoxy) is 1. The van der Waals surface area contributed by atoms with Crippen molar-refractivity contribution in [3.63, 3.8) is 0 Å². The fourth-order valence-corrected chi connectivity index (χ4v) is 2.39. The van der Waals surface area contributed by atoms with Gasteiger partial charge < -0.3 is 25.4 Å². The lowest BCUT2D eigenvalue weighted by Gasteiger charge is -2.28. The van der Waals surface area contributed by atoms with E-state index in [9.17, 15) is 15.3 Å². The van der Waals surface area contributed by atoms with Crippen LogP contribution in [0.2, 0.25) is 0 Å². The first kappa shape index (κ1) is 8.64. The lowest BCUT2D eigenvalue weighted by atomic mass is 9.87. The molecule has 5 nitrogen and oxygen atoms in total. The Balaban J connectivity index is 2.13. The van der Waals surface area contributed by atoms with Crippen LogP contribution < -0.4 is 10.1 Å². The summed E-state index contributed by atoms with van der Waals surface area (Å²) < 4.78 is 73.6. The molecule has 1 aromatic rings. The number of fused-ring (bicyclic) bond motifs is 1. The highest BCUT2D eigenvalue weighted by Gasteiger charge is 2.27. The van der Waals surface area contributed by atoms with E-state index in [0.717, 1.165) is 5.56 Å². The lowest BCUT2D eigenvalue weighted by Crippen LogP contribution is -2.42. The largest absolute Gasteiger partial charge is 0.491 e. The molecular formula is C17H27NO4. The van der Waals surface area contributed by atoms with Crippen molar-refractivity contribution in [2.45, 2.75) is 57.2 Å². The van der Waals surface area contributed by atoms with Gasteiger partial charge in [0.15, 0.2) is 0 Å². The minimum Gasteiger partial charge on any atom is -0.491 e. The normalized spacial score (nSPS) is 30.8. The van der Waals surface area contributed by atoms with E-state index < -0.39 is 51.0 Å². The zero-order valence-electron chi connectivity index (χ0n) is 21.0. The molecular weight excluding hydrogens is 282 g/mol. The summed E-state index contributed by atoms with van der Waals surface area (Å²) >= 11 is 0. The quantitative estimate of drug-likeness (QED) is 0.640.